The number of aromatic nitrogens is 7. The van der Waals surface area contributed by atoms with Crippen molar-refractivity contribution in [3.63, 3.8) is 0 Å². The van der Waals surface area contributed by atoms with Crippen LogP contribution in [0.25, 0.3) is 111 Å². The van der Waals surface area contributed by atoms with Gasteiger partial charge in [-0.15, -0.1) is 0 Å². The molecular formula is C49H27F2N7. The van der Waals surface area contributed by atoms with E-state index in [4.69, 9.17) is 15.0 Å². The average Bonchev–Trinajstić information content (AvgIpc) is 3.27. The number of benzene rings is 6. The molecule has 0 aliphatic rings. The van der Waals surface area contributed by atoms with Gasteiger partial charge in [0.15, 0.2) is 17.5 Å². The van der Waals surface area contributed by atoms with E-state index in [0.29, 0.717) is 28.1 Å². The molecule has 0 saturated carbocycles. The summed E-state index contributed by atoms with van der Waals surface area (Å²) in [5, 5.41) is 5.65. The van der Waals surface area contributed by atoms with Crippen molar-refractivity contribution >= 4 is 54.4 Å². The number of nitrogens with zero attached hydrogens (tertiary/aromatic N) is 7. The van der Waals surface area contributed by atoms with Crippen LogP contribution in [0, 0.1) is 11.6 Å². The van der Waals surface area contributed by atoms with Crippen molar-refractivity contribution in [3.8, 4) is 56.4 Å². The first-order chi connectivity index (χ1) is 28.5. The number of pyridine rings is 4. The molecule has 0 bridgehead atoms. The molecular weight excluding hydrogens is 725 g/mol. The van der Waals surface area contributed by atoms with Gasteiger partial charge in [0.1, 0.15) is 11.6 Å². The minimum absolute atomic E-state index is 0.233. The standard InChI is InChI=1S/C49H27F2N7/c50-37-24-33(39-15-19-54-45-41(39)13-11-29-7-3-17-52-43(29)45)22-35(26-37)48-56-47(32-10-9-28-5-1-2-6-31(28)21-32)57-49(58-48)36-23-34(25-38(51)27-36)40-16-20-55-46-42(40)14-12-30-8-4-18-53-44(30)46/h1-27H. The quantitative estimate of drug-likeness (QED) is 0.162. The van der Waals surface area contributed by atoms with E-state index in [9.17, 15) is 0 Å². The molecule has 0 unspecified atom stereocenters. The van der Waals surface area contributed by atoms with Gasteiger partial charge in [-0.3, -0.25) is 19.9 Å². The predicted octanol–water partition coefficient (Wildman–Crippen LogP) is 11.8. The third-order valence-electron chi connectivity index (χ3n) is 10.5. The Morgan fingerprint density at radius 3 is 1.31 bits per heavy atom. The lowest BCUT2D eigenvalue weighted by Crippen LogP contribution is -2.01. The van der Waals surface area contributed by atoms with E-state index >= 15 is 8.78 Å². The number of hydrogen-bond donors (Lipinski definition) is 0. The molecule has 6 aromatic carbocycles. The zero-order chi connectivity index (χ0) is 38.7. The maximum atomic E-state index is 15.8. The summed E-state index contributed by atoms with van der Waals surface area (Å²) in [6.45, 7) is 0. The summed E-state index contributed by atoms with van der Waals surface area (Å²) in [6.07, 6.45) is 6.90. The number of hydrogen-bond acceptors (Lipinski definition) is 7. The number of fused-ring (bicyclic) bond motifs is 7. The number of halogens is 2. The Hall–Kier alpha value is -7.91. The molecule has 5 aromatic heterocycles. The van der Waals surface area contributed by atoms with Crippen molar-refractivity contribution in [2.24, 2.45) is 0 Å². The summed E-state index contributed by atoms with van der Waals surface area (Å²) < 4.78 is 31.7. The lowest BCUT2D eigenvalue weighted by Gasteiger charge is -2.13. The summed E-state index contributed by atoms with van der Waals surface area (Å²) in [6, 6.07) is 42.9. The summed E-state index contributed by atoms with van der Waals surface area (Å²) >= 11 is 0. The fraction of sp³-hybridized carbons (Fsp3) is 0. The van der Waals surface area contributed by atoms with Crippen LogP contribution in [0.1, 0.15) is 0 Å². The largest absolute Gasteiger partial charge is 0.254 e. The molecule has 5 heterocycles. The van der Waals surface area contributed by atoms with Gasteiger partial charge < -0.3 is 0 Å². The van der Waals surface area contributed by atoms with Crippen LogP contribution in [0.3, 0.4) is 0 Å². The van der Waals surface area contributed by atoms with E-state index in [1.165, 1.54) is 24.3 Å². The van der Waals surface area contributed by atoms with Gasteiger partial charge in [-0.2, -0.15) is 0 Å². The van der Waals surface area contributed by atoms with Crippen molar-refractivity contribution in [3.05, 3.63) is 176 Å². The van der Waals surface area contributed by atoms with E-state index in [1.54, 1.807) is 24.8 Å². The molecule has 272 valence electrons. The van der Waals surface area contributed by atoms with Gasteiger partial charge in [-0.25, -0.2) is 23.7 Å². The molecule has 0 radical (unpaired) electrons. The van der Waals surface area contributed by atoms with E-state index in [2.05, 4.69) is 19.9 Å². The van der Waals surface area contributed by atoms with Gasteiger partial charge in [0, 0.05) is 63.0 Å². The Morgan fingerprint density at radius 1 is 0.310 bits per heavy atom. The summed E-state index contributed by atoms with van der Waals surface area (Å²) in [7, 11) is 0. The molecule has 0 fully saturated rings. The number of rotatable bonds is 5. The Kier molecular flexibility index (Phi) is 7.72. The van der Waals surface area contributed by atoms with E-state index < -0.39 is 11.6 Å². The molecule has 58 heavy (non-hydrogen) atoms. The fourth-order valence-electron chi connectivity index (χ4n) is 7.85. The van der Waals surface area contributed by atoms with Gasteiger partial charge in [0.05, 0.1) is 22.1 Å². The van der Waals surface area contributed by atoms with E-state index in [-0.39, 0.29) is 11.6 Å². The highest BCUT2D eigenvalue weighted by atomic mass is 19.1. The van der Waals surface area contributed by atoms with Crippen molar-refractivity contribution in [1.82, 2.24) is 34.9 Å². The lowest BCUT2D eigenvalue weighted by molar-refractivity contribution is 0.628. The van der Waals surface area contributed by atoms with Crippen LogP contribution in [0.2, 0.25) is 0 Å². The first-order valence-electron chi connectivity index (χ1n) is 18.7. The Morgan fingerprint density at radius 2 is 0.759 bits per heavy atom. The van der Waals surface area contributed by atoms with Gasteiger partial charge in [-0.05, 0) is 99.8 Å². The Balaban J connectivity index is 1.10. The van der Waals surface area contributed by atoms with Crippen molar-refractivity contribution < 1.29 is 8.78 Å². The van der Waals surface area contributed by atoms with Crippen LogP contribution in [0.15, 0.2) is 164 Å². The predicted molar refractivity (Wildman–Crippen MR) is 226 cm³/mol. The molecule has 0 amide bonds. The topological polar surface area (TPSA) is 90.2 Å². The molecule has 0 spiro atoms. The Labute approximate surface area is 329 Å². The van der Waals surface area contributed by atoms with Crippen LogP contribution in [-0.2, 0) is 0 Å². The summed E-state index contributed by atoms with van der Waals surface area (Å²) in [5.74, 6) is -0.106. The molecule has 9 heteroatoms. The third kappa shape index (κ3) is 5.76. The zero-order valence-electron chi connectivity index (χ0n) is 30.5. The van der Waals surface area contributed by atoms with Crippen molar-refractivity contribution in [1.29, 1.82) is 0 Å². The van der Waals surface area contributed by atoms with Crippen LogP contribution < -0.4 is 0 Å². The first kappa shape index (κ1) is 33.4. The van der Waals surface area contributed by atoms with Crippen molar-refractivity contribution in [2.45, 2.75) is 0 Å². The minimum atomic E-state index is -0.467. The molecule has 0 atom stereocenters. The second-order valence-corrected chi connectivity index (χ2v) is 14.1. The minimum Gasteiger partial charge on any atom is -0.254 e. The van der Waals surface area contributed by atoms with E-state index in [0.717, 1.165) is 71.1 Å². The maximum absolute atomic E-state index is 15.8. The molecule has 11 aromatic rings. The second kappa shape index (κ2) is 13.4. The van der Waals surface area contributed by atoms with Gasteiger partial charge in [0.25, 0.3) is 0 Å². The molecule has 0 aliphatic heterocycles. The van der Waals surface area contributed by atoms with Crippen LogP contribution >= 0.6 is 0 Å². The van der Waals surface area contributed by atoms with Gasteiger partial charge in [0.2, 0.25) is 0 Å². The van der Waals surface area contributed by atoms with Gasteiger partial charge in [-0.1, -0.05) is 72.8 Å². The molecule has 0 aliphatic carbocycles. The highest BCUT2D eigenvalue weighted by Crippen LogP contribution is 2.37. The molecule has 11 rings (SSSR count). The first-order valence-corrected chi connectivity index (χ1v) is 18.7. The highest BCUT2D eigenvalue weighted by molar-refractivity contribution is 6.09. The normalized spacial score (nSPS) is 11.6. The second-order valence-electron chi connectivity index (χ2n) is 14.1. The monoisotopic (exact) mass is 751 g/mol. The summed E-state index contributed by atoms with van der Waals surface area (Å²) in [5.41, 5.74) is 7.36. The molecule has 0 N–H and O–H groups in total. The maximum Gasteiger partial charge on any atom is 0.164 e. The zero-order valence-corrected chi connectivity index (χ0v) is 30.5. The lowest BCUT2D eigenvalue weighted by atomic mass is 9.97. The van der Waals surface area contributed by atoms with Crippen LogP contribution in [0.5, 0.6) is 0 Å². The third-order valence-corrected chi connectivity index (χ3v) is 10.5. The smallest absolute Gasteiger partial charge is 0.164 e. The highest BCUT2D eigenvalue weighted by Gasteiger charge is 2.18. The Bertz CT molecular complexity index is 3270. The molecule has 0 saturated heterocycles. The average molecular weight is 752 g/mol. The SMILES string of the molecule is Fc1cc(-c2nc(-c3cc(F)cc(-c4ccnc5c4ccc4cccnc45)c3)nc(-c3ccc4ccccc4c3)n2)cc(-c2ccnc3c2ccc2cccnc23)c1. The molecule has 7 nitrogen and oxygen atoms in total. The summed E-state index contributed by atoms with van der Waals surface area (Å²) in [4.78, 5) is 33.3. The fourth-order valence-corrected chi connectivity index (χ4v) is 7.85. The van der Waals surface area contributed by atoms with Crippen molar-refractivity contribution in [2.75, 3.05) is 0 Å². The van der Waals surface area contributed by atoms with Crippen LogP contribution in [-0.4, -0.2) is 34.9 Å². The van der Waals surface area contributed by atoms with Gasteiger partial charge >= 0.3 is 0 Å². The van der Waals surface area contributed by atoms with Crippen LogP contribution in [0.4, 0.5) is 8.78 Å². The van der Waals surface area contributed by atoms with E-state index in [1.807, 2.05) is 115 Å².